The Morgan fingerprint density at radius 2 is 1.85 bits per heavy atom. The Morgan fingerprint density at radius 3 is 2.62 bits per heavy atom. The first-order valence-electron chi connectivity index (χ1n) is 10.1. The number of amides is 1. The minimum Gasteiger partial charge on any atom is -0.340 e. The van der Waals surface area contributed by atoms with Crippen LogP contribution in [0.4, 0.5) is 0 Å². The zero-order valence-corrected chi connectivity index (χ0v) is 16.3. The lowest BCUT2D eigenvalue weighted by Crippen LogP contribution is -2.48. The van der Waals surface area contributed by atoms with Gasteiger partial charge in [0.25, 0.3) is 0 Å². The quantitative estimate of drug-likeness (QED) is 0.786. The number of fused-ring (bicyclic) bond motifs is 1. The number of hydrogen-bond acceptors (Lipinski definition) is 4. The van der Waals surface area contributed by atoms with Crippen LogP contribution in [0.2, 0.25) is 0 Å². The lowest BCUT2D eigenvalue weighted by atomic mass is 9.86. The van der Waals surface area contributed by atoms with E-state index in [1.54, 1.807) is 11.3 Å². The number of carbonyl (C=O) groups is 1. The zero-order chi connectivity index (χ0) is 17.8. The van der Waals surface area contributed by atoms with Gasteiger partial charge in [-0.25, -0.2) is 4.98 Å². The van der Waals surface area contributed by atoms with E-state index in [2.05, 4.69) is 28.0 Å². The van der Waals surface area contributed by atoms with Gasteiger partial charge in [0.05, 0.1) is 16.8 Å². The summed E-state index contributed by atoms with van der Waals surface area (Å²) in [6.45, 7) is 4.57. The molecule has 4 rings (SSSR count). The molecule has 1 aliphatic carbocycles. The number of nitrogens with zero attached hydrogens (tertiary/aromatic N) is 3. The predicted octanol–water partition coefficient (Wildman–Crippen LogP) is 4.30. The van der Waals surface area contributed by atoms with Gasteiger partial charge in [0.2, 0.25) is 5.91 Å². The van der Waals surface area contributed by atoms with Crippen molar-refractivity contribution < 1.29 is 4.79 Å². The number of piperazine rings is 1. The van der Waals surface area contributed by atoms with Crippen molar-refractivity contribution in [2.24, 2.45) is 5.92 Å². The van der Waals surface area contributed by atoms with Gasteiger partial charge in [0.15, 0.2) is 0 Å². The van der Waals surface area contributed by atoms with Gasteiger partial charge >= 0.3 is 0 Å². The molecule has 1 saturated heterocycles. The highest BCUT2D eigenvalue weighted by atomic mass is 32.1. The third-order valence-electron chi connectivity index (χ3n) is 5.91. The Kier molecular flexibility index (Phi) is 5.85. The standard InChI is InChI=1S/C21H29N3OS/c25-21(11-10-17-6-2-1-3-7-17)24-14-12-23(13-15-24)16-20-22-18-8-4-5-9-19(18)26-20/h4-5,8-9,17H,1-3,6-7,10-16H2. The fourth-order valence-electron chi connectivity index (χ4n) is 4.30. The van der Waals surface area contributed by atoms with Crippen LogP contribution in [-0.4, -0.2) is 46.9 Å². The monoisotopic (exact) mass is 371 g/mol. The summed E-state index contributed by atoms with van der Waals surface area (Å²) in [5, 5.41) is 1.18. The topological polar surface area (TPSA) is 36.4 Å². The Labute approximate surface area is 160 Å². The number of hydrogen-bond donors (Lipinski definition) is 0. The minimum absolute atomic E-state index is 0.371. The number of thiazole rings is 1. The molecule has 0 radical (unpaired) electrons. The molecule has 26 heavy (non-hydrogen) atoms. The normalized spacial score (nSPS) is 19.9. The lowest BCUT2D eigenvalue weighted by Gasteiger charge is -2.34. The van der Waals surface area contributed by atoms with E-state index in [-0.39, 0.29) is 0 Å². The summed E-state index contributed by atoms with van der Waals surface area (Å²) in [6, 6.07) is 8.34. The minimum atomic E-state index is 0.371. The summed E-state index contributed by atoms with van der Waals surface area (Å²) in [5.74, 6) is 1.17. The molecule has 1 saturated carbocycles. The summed E-state index contributed by atoms with van der Waals surface area (Å²) < 4.78 is 1.26. The van der Waals surface area contributed by atoms with Crippen LogP contribution in [-0.2, 0) is 11.3 Å². The van der Waals surface area contributed by atoms with Crippen LogP contribution < -0.4 is 0 Å². The van der Waals surface area contributed by atoms with E-state index in [1.807, 2.05) is 6.07 Å². The van der Waals surface area contributed by atoms with Crippen molar-refractivity contribution in [1.82, 2.24) is 14.8 Å². The fraction of sp³-hybridized carbons (Fsp3) is 0.619. The van der Waals surface area contributed by atoms with Crippen LogP contribution in [0.25, 0.3) is 10.2 Å². The molecule has 0 N–H and O–H groups in total. The average molecular weight is 372 g/mol. The molecule has 0 spiro atoms. The molecule has 0 unspecified atom stereocenters. The van der Waals surface area contributed by atoms with Crippen molar-refractivity contribution in [3.05, 3.63) is 29.3 Å². The molecular formula is C21H29N3OS. The zero-order valence-electron chi connectivity index (χ0n) is 15.5. The van der Waals surface area contributed by atoms with Crippen molar-refractivity contribution >= 4 is 27.5 Å². The van der Waals surface area contributed by atoms with E-state index in [4.69, 9.17) is 4.98 Å². The van der Waals surface area contributed by atoms with E-state index >= 15 is 0 Å². The molecule has 2 heterocycles. The summed E-state index contributed by atoms with van der Waals surface area (Å²) in [5.41, 5.74) is 1.10. The van der Waals surface area contributed by atoms with Crippen LogP contribution in [0.15, 0.2) is 24.3 Å². The molecule has 2 aromatic rings. The molecule has 5 heteroatoms. The van der Waals surface area contributed by atoms with Crippen molar-refractivity contribution in [1.29, 1.82) is 0 Å². The molecule has 1 aliphatic heterocycles. The Bertz CT molecular complexity index is 697. The van der Waals surface area contributed by atoms with Crippen molar-refractivity contribution in [2.75, 3.05) is 26.2 Å². The highest BCUT2D eigenvalue weighted by Crippen LogP contribution is 2.27. The summed E-state index contributed by atoms with van der Waals surface area (Å²) in [7, 11) is 0. The average Bonchev–Trinajstić information content (AvgIpc) is 3.10. The second-order valence-corrected chi connectivity index (χ2v) is 8.89. The number of benzene rings is 1. The number of rotatable bonds is 5. The van der Waals surface area contributed by atoms with Crippen LogP contribution in [0.1, 0.15) is 50.0 Å². The largest absolute Gasteiger partial charge is 0.340 e. The molecule has 140 valence electrons. The first-order chi connectivity index (χ1) is 12.8. The van der Waals surface area contributed by atoms with E-state index in [0.717, 1.165) is 57.0 Å². The molecule has 0 atom stereocenters. The van der Waals surface area contributed by atoms with Crippen molar-refractivity contribution in [3.63, 3.8) is 0 Å². The van der Waals surface area contributed by atoms with Crippen LogP contribution in [0.3, 0.4) is 0 Å². The first kappa shape index (κ1) is 17.9. The maximum Gasteiger partial charge on any atom is 0.222 e. The molecule has 2 fully saturated rings. The van der Waals surface area contributed by atoms with Crippen LogP contribution >= 0.6 is 11.3 Å². The molecule has 1 aromatic heterocycles. The maximum atomic E-state index is 12.5. The van der Waals surface area contributed by atoms with Gasteiger partial charge in [0, 0.05) is 32.6 Å². The highest BCUT2D eigenvalue weighted by Gasteiger charge is 2.23. The second kappa shape index (κ2) is 8.49. The number of aromatic nitrogens is 1. The summed E-state index contributed by atoms with van der Waals surface area (Å²) in [4.78, 5) is 21.8. The van der Waals surface area contributed by atoms with Gasteiger partial charge in [-0.3, -0.25) is 9.69 Å². The number of carbonyl (C=O) groups excluding carboxylic acids is 1. The van der Waals surface area contributed by atoms with Gasteiger partial charge in [-0.15, -0.1) is 11.3 Å². The van der Waals surface area contributed by atoms with Gasteiger partial charge in [-0.05, 0) is 24.5 Å². The van der Waals surface area contributed by atoms with E-state index < -0.39 is 0 Å². The SMILES string of the molecule is O=C(CCC1CCCCC1)N1CCN(Cc2nc3ccccc3s2)CC1. The third-order valence-corrected chi connectivity index (χ3v) is 6.93. The Morgan fingerprint density at radius 1 is 1.08 bits per heavy atom. The van der Waals surface area contributed by atoms with E-state index in [9.17, 15) is 4.79 Å². The van der Waals surface area contributed by atoms with Gasteiger partial charge in [-0.2, -0.15) is 0 Å². The van der Waals surface area contributed by atoms with Crippen LogP contribution in [0, 0.1) is 5.92 Å². The molecule has 1 amide bonds. The first-order valence-corrected chi connectivity index (χ1v) is 10.9. The second-order valence-electron chi connectivity index (χ2n) is 7.77. The van der Waals surface area contributed by atoms with Crippen LogP contribution in [0.5, 0.6) is 0 Å². The van der Waals surface area contributed by atoms with Gasteiger partial charge < -0.3 is 4.90 Å². The van der Waals surface area contributed by atoms with E-state index in [0.29, 0.717) is 5.91 Å². The molecule has 2 aliphatic rings. The smallest absolute Gasteiger partial charge is 0.222 e. The predicted molar refractivity (Wildman–Crippen MR) is 107 cm³/mol. The van der Waals surface area contributed by atoms with Crippen molar-refractivity contribution in [3.8, 4) is 0 Å². The Balaban J connectivity index is 1.22. The van der Waals surface area contributed by atoms with Gasteiger partial charge in [-0.1, -0.05) is 44.2 Å². The lowest BCUT2D eigenvalue weighted by molar-refractivity contribution is -0.133. The van der Waals surface area contributed by atoms with Gasteiger partial charge in [0.1, 0.15) is 5.01 Å². The summed E-state index contributed by atoms with van der Waals surface area (Å²) >= 11 is 1.79. The molecule has 4 nitrogen and oxygen atoms in total. The third kappa shape index (κ3) is 4.44. The molecular weight excluding hydrogens is 342 g/mol. The highest BCUT2D eigenvalue weighted by molar-refractivity contribution is 7.18. The molecule has 1 aromatic carbocycles. The van der Waals surface area contributed by atoms with Crippen molar-refractivity contribution in [2.45, 2.75) is 51.5 Å². The Hall–Kier alpha value is -1.46. The fourth-order valence-corrected chi connectivity index (χ4v) is 5.31. The summed E-state index contributed by atoms with van der Waals surface area (Å²) in [6.07, 6.45) is 8.65. The molecule has 0 bridgehead atoms. The van der Waals surface area contributed by atoms with E-state index in [1.165, 1.54) is 41.8 Å². The maximum absolute atomic E-state index is 12.5. The number of para-hydroxylation sites is 1.